The Morgan fingerprint density at radius 2 is 1.83 bits per heavy atom. The third-order valence-electron chi connectivity index (χ3n) is 8.40. The number of amides is 3. The van der Waals surface area contributed by atoms with Crippen LogP contribution in [0.5, 0.6) is 5.88 Å². The van der Waals surface area contributed by atoms with E-state index in [1.165, 1.54) is 0 Å². The van der Waals surface area contributed by atoms with Gasteiger partial charge in [0.15, 0.2) is 0 Å². The minimum atomic E-state index is -0.259. The van der Waals surface area contributed by atoms with E-state index in [1.54, 1.807) is 18.2 Å². The quantitative estimate of drug-likeness (QED) is 0.541. The van der Waals surface area contributed by atoms with E-state index < -0.39 is 0 Å². The van der Waals surface area contributed by atoms with Crippen molar-refractivity contribution in [3.8, 4) is 5.88 Å². The number of hydrogen-bond donors (Lipinski definition) is 1. The van der Waals surface area contributed by atoms with Gasteiger partial charge in [0, 0.05) is 51.3 Å². The highest BCUT2D eigenvalue weighted by Crippen LogP contribution is 2.26. The molecule has 1 aromatic rings. The minimum absolute atomic E-state index is 0.0954. The second-order valence-electron chi connectivity index (χ2n) is 13.8. The van der Waals surface area contributed by atoms with Crippen LogP contribution in [-0.2, 0) is 14.3 Å². The molecule has 6 bridgehead atoms. The van der Waals surface area contributed by atoms with Gasteiger partial charge in [-0.3, -0.25) is 19.3 Å². The van der Waals surface area contributed by atoms with E-state index in [1.807, 2.05) is 9.80 Å². The maximum absolute atomic E-state index is 13.8. The van der Waals surface area contributed by atoms with Crippen LogP contribution in [0.25, 0.3) is 0 Å². The third kappa shape index (κ3) is 9.39. The van der Waals surface area contributed by atoms with Gasteiger partial charge >= 0.3 is 0 Å². The Morgan fingerprint density at radius 3 is 2.55 bits per heavy atom. The normalized spacial score (nSPS) is 25.2. The molecule has 2 atom stereocenters. The van der Waals surface area contributed by atoms with E-state index in [0.717, 1.165) is 25.8 Å². The SMILES string of the molecule is CC(C)CCN1C[C@H]2C[C@H]1C(=O)N1CCC(CC1)CN(C(=O)CC(C)(C)C)CCOCCOc1cccc(n1)C(=O)N2. The van der Waals surface area contributed by atoms with Crippen LogP contribution in [0, 0.1) is 17.3 Å². The molecule has 1 aromatic heterocycles. The topological polar surface area (TPSA) is 104 Å². The lowest BCUT2D eigenvalue weighted by Crippen LogP contribution is -2.50. The van der Waals surface area contributed by atoms with Gasteiger partial charge in [0.25, 0.3) is 5.91 Å². The number of rotatable bonds is 4. The predicted molar refractivity (Wildman–Crippen MR) is 161 cm³/mol. The number of carbonyl (C=O) groups excluding carboxylic acids is 3. The highest BCUT2D eigenvalue weighted by Gasteiger charge is 2.40. The fourth-order valence-corrected chi connectivity index (χ4v) is 6.04. The molecule has 0 unspecified atom stereocenters. The van der Waals surface area contributed by atoms with Crippen molar-refractivity contribution in [2.45, 2.75) is 78.8 Å². The van der Waals surface area contributed by atoms with Gasteiger partial charge < -0.3 is 24.6 Å². The highest BCUT2D eigenvalue weighted by molar-refractivity contribution is 5.92. The minimum Gasteiger partial charge on any atom is -0.475 e. The van der Waals surface area contributed by atoms with Crippen LogP contribution < -0.4 is 10.1 Å². The number of pyridine rings is 1. The number of carbonyl (C=O) groups is 3. The third-order valence-corrected chi connectivity index (χ3v) is 8.40. The van der Waals surface area contributed by atoms with E-state index in [-0.39, 0.29) is 40.9 Å². The molecule has 0 spiro atoms. The van der Waals surface area contributed by atoms with Gasteiger partial charge in [-0.15, -0.1) is 0 Å². The second-order valence-corrected chi connectivity index (χ2v) is 13.8. The number of nitrogens with zero attached hydrogens (tertiary/aromatic N) is 4. The summed E-state index contributed by atoms with van der Waals surface area (Å²) < 4.78 is 11.6. The van der Waals surface area contributed by atoms with Crippen molar-refractivity contribution in [3.63, 3.8) is 0 Å². The van der Waals surface area contributed by atoms with Crippen LogP contribution in [0.3, 0.4) is 0 Å². The number of likely N-dealkylation sites (tertiary alicyclic amines) is 1. The molecule has 234 valence electrons. The lowest BCUT2D eigenvalue weighted by Gasteiger charge is -2.37. The second kappa shape index (κ2) is 14.6. The van der Waals surface area contributed by atoms with Gasteiger partial charge in [0.2, 0.25) is 17.7 Å². The molecular weight excluding hydrogens is 534 g/mol. The first-order valence-electron chi connectivity index (χ1n) is 15.8. The first-order chi connectivity index (χ1) is 20.0. The first-order valence-corrected chi connectivity index (χ1v) is 15.8. The summed E-state index contributed by atoms with van der Waals surface area (Å²) in [6.45, 7) is 15.8. The molecule has 10 heteroatoms. The zero-order chi connectivity index (χ0) is 30.3. The summed E-state index contributed by atoms with van der Waals surface area (Å²) in [6, 6.07) is 4.78. The van der Waals surface area contributed by atoms with E-state index in [2.05, 4.69) is 49.8 Å². The molecule has 4 aliphatic rings. The Bertz CT molecular complexity index is 1070. The molecule has 5 heterocycles. The van der Waals surface area contributed by atoms with Crippen LogP contribution >= 0.6 is 0 Å². The summed E-state index contributed by atoms with van der Waals surface area (Å²) in [5, 5.41) is 3.13. The van der Waals surface area contributed by atoms with Crippen LogP contribution in [0.4, 0.5) is 0 Å². The molecular formula is C32H51N5O5. The smallest absolute Gasteiger partial charge is 0.270 e. The summed E-state index contributed by atoms with van der Waals surface area (Å²) in [7, 11) is 0. The predicted octanol–water partition coefficient (Wildman–Crippen LogP) is 3.21. The Morgan fingerprint density at radius 1 is 1.07 bits per heavy atom. The van der Waals surface area contributed by atoms with Gasteiger partial charge in [0.1, 0.15) is 12.3 Å². The average Bonchev–Trinajstić information content (AvgIpc) is 3.34. The van der Waals surface area contributed by atoms with Crippen molar-refractivity contribution in [2.75, 3.05) is 59.1 Å². The van der Waals surface area contributed by atoms with E-state index in [0.29, 0.717) is 83.1 Å². The zero-order valence-corrected chi connectivity index (χ0v) is 26.3. The maximum atomic E-state index is 13.8. The lowest BCUT2D eigenvalue weighted by atomic mass is 9.90. The van der Waals surface area contributed by atoms with Gasteiger partial charge in [0.05, 0.1) is 19.3 Å². The number of ether oxygens (including phenoxy) is 2. The molecule has 2 fully saturated rings. The van der Waals surface area contributed by atoms with Gasteiger partial charge in [-0.05, 0) is 55.5 Å². The molecule has 2 saturated heterocycles. The molecule has 0 radical (unpaired) electrons. The fraction of sp³-hybridized carbons (Fsp3) is 0.750. The number of nitrogens with one attached hydrogen (secondary N) is 1. The summed E-state index contributed by atoms with van der Waals surface area (Å²) >= 11 is 0. The van der Waals surface area contributed by atoms with E-state index in [9.17, 15) is 14.4 Å². The van der Waals surface area contributed by atoms with Crippen molar-refractivity contribution < 1.29 is 23.9 Å². The van der Waals surface area contributed by atoms with Crippen LogP contribution in [-0.4, -0.2) is 109 Å². The van der Waals surface area contributed by atoms with Crippen molar-refractivity contribution in [2.24, 2.45) is 17.3 Å². The van der Waals surface area contributed by atoms with Crippen LogP contribution in [0.2, 0.25) is 0 Å². The molecule has 4 aliphatic heterocycles. The Hall–Kier alpha value is -2.72. The number of hydrogen-bond acceptors (Lipinski definition) is 7. The molecule has 3 amide bonds. The summed E-state index contributed by atoms with van der Waals surface area (Å²) in [6.07, 6.45) is 3.82. The van der Waals surface area contributed by atoms with Crippen LogP contribution in [0.1, 0.15) is 77.2 Å². The molecule has 5 rings (SSSR count). The standard InChI is InChI=1S/C32H51N5O5/c1-23(2)9-12-36-22-25-19-27(36)31(40)35-13-10-24(11-14-35)21-37(29(38)20-32(3,4)5)15-16-41-17-18-42-28-8-6-7-26(34-28)30(39)33-25/h6-8,23-25,27H,9-22H2,1-5H3,(H,33,39)/t25-,27+/m1/s1. The molecule has 0 aromatic carbocycles. The van der Waals surface area contributed by atoms with Gasteiger partial charge in [-0.25, -0.2) is 4.98 Å². The highest BCUT2D eigenvalue weighted by atomic mass is 16.5. The van der Waals surface area contributed by atoms with Crippen LogP contribution in [0.15, 0.2) is 18.2 Å². The number of piperidine rings is 1. The molecule has 0 saturated carbocycles. The Labute approximate surface area is 251 Å². The lowest BCUT2D eigenvalue weighted by molar-refractivity contribution is -0.139. The molecule has 10 nitrogen and oxygen atoms in total. The largest absolute Gasteiger partial charge is 0.475 e. The van der Waals surface area contributed by atoms with Gasteiger partial charge in [-0.1, -0.05) is 40.7 Å². The average molecular weight is 586 g/mol. The first kappa shape index (κ1) is 32.2. The summed E-state index contributed by atoms with van der Waals surface area (Å²) in [4.78, 5) is 50.8. The molecule has 1 N–H and O–H groups in total. The van der Waals surface area contributed by atoms with Gasteiger partial charge in [-0.2, -0.15) is 0 Å². The Kier molecular flexibility index (Phi) is 11.2. The molecule has 42 heavy (non-hydrogen) atoms. The number of fused-ring (bicyclic) bond motifs is 10. The summed E-state index contributed by atoms with van der Waals surface area (Å²) in [5.74, 6) is 1.28. The Balaban J connectivity index is 1.51. The number of aromatic nitrogens is 1. The zero-order valence-electron chi connectivity index (χ0n) is 26.3. The van der Waals surface area contributed by atoms with Crippen molar-refractivity contribution in [1.82, 2.24) is 25.0 Å². The monoisotopic (exact) mass is 585 g/mol. The maximum Gasteiger partial charge on any atom is 0.270 e. The van der Waals surface area contributed by atoms with E-state index in [4.69, 9.17) is 9.47 Å². The molecule has 0 aliphatic carbocycles. The van der Waals surface area contributed by atoms with Crippen molar-refractivity contribution >= 4 is 17.7 Å². The summed E-state index contributed by atoms with van der Waals surface area (Å²) in [5.41, 5.74) is 0.194. The van der Waals surface area contributed by atoms with E-state index >= 15 is 0 Å². The fourth-order valence-electron chi connectivity index (χ4n) is 6.04. The van der Waals surface area contributed by atoms with Crippen molar-refractivity contribution in [3.05, 3.63) is 23.9 Å². The van der Waals surface area contributed by atoms with Crippen molar-refractivity contribution in [1.29, 1.82) is 0 Å².